The molecule has 1 amide bonds. The Morgan fingerprint density at radius 3 is 2.95 bits per heavy atom. The van der Waals surface area contributed by atoms with Gasteiger partial charge in [0, 0.05) is 17.6 Å². The van der Waals surface area contributed by atoms with Crippen molar-refractivity contribution in [1.29, 1.82) is 0 Å². The van der Waals surface area contributed by atoms with Crippen LogP contribution in [0.1, 0.15) is 33.8 Å². The highest BCUT2D eigenvalue weighted by Crippen LogP contribution is 2.15. The molecular formula is C11H15N5OS2. The molecule has 0 bridgehead atoms. The SMILES string of the molecule is CCCNc1nnc(C(=O)NCc2nc(C)cs2)s1. The highest BCUT2D eigenvalue weighted by molar-refractivity contribution is 7.17. The van der Waals surface area contributed by atoms with Crippen LogP contribution in [-0.4, -0.2) is 27.6 Å². The van der Waals surface area contributed by atoms with Crippen LogP contribution in [0.15, 0.2) is 5.38 Å². The minimum atomic E-state index is -0.213. The minimum absolute atomic E-state index is 0.213. The molecule has 2 N–H and O–H groups in total. The molecule has 0 unspecified atom stereocenters. The third-order valence-corrected chi connectivity index (χ3v) is 4.06. The van der Waals surface area contributed by atoms with Crippen LogP contribution in [0.4, 0.5) is 5.13 Å². The number of hydrogen-bond acceptors (Lipinski definition) is 7. The number of nitrogens with one attached hydrogen (secondary N) is 2. The van der Waals surface area contributed by atoms with Gasteiger partial charge in [-0.25, -0.2) is 4.98 Å². The van der Waals surface area contributed by atoms with Gasteiger partial charge in [0.1, 0.15) is 5.01 Å². The molecule has 2 aromatic heterocycles. The Kier molecular flexibility index (Phi) is 4.80. The van der Waals surface area contributed by atoms with Gasteiger partial charge in [0.25, 0.3) is 5.91 Å². The topological polar surface area (TPSA) is 79.8 Å². The quantitative estimate of drug-likeness (QED) is 0.853. The lowest BCUT2D eigenvalue weighted by molar-refractivity contribution is 0.0949. The Hall–Kier alpha value is -1.54. The summed E-state index contributed by atoms with van der Waals surface area (Å²) in [7, 11) is 0. The summed E-state index contributed by atoms with van der Waals surface area (Å²) in [6, 6.07) is 0. The number of aryl methyl sites for hydroxylation is 1. The number of carbonyl (C=O) groups is 1. The molecule has 0 saturated carbocycles. The normalized spacial score (nSPS) is 10.4. The van der Waals surface area contributed by atoms with Crippen LogP contribution < -0.4 is 10.6 Å². The largest absolute Gasteiger partial charge is 0.360 e. The summed E-state index contributed by atoms with van der Waals surface area (Å²) < 4.78 is 0. The van der Waals surface area contributed by atoms with Gasteiger partial charge in [-0.05, 0) is 13.3 Å². The number of nitrogens with zero attached hydrogens (tertiary/aromatic N) is 3. The Labute approximate surface area is 119 Å². The maximum Gasteiger partial charge on any atom is 0.282 e. The van der Waals surface area contributed by atoms with Crippen LogP contribution in [0.3, 0.4) is 0 Å². The lowest BCUT2D eigenvalue weighted by Gasteiger charge is -1.98. The van der Waals surface area contributed by atoms with Crippen LogP contribution in [-0.2, 0) is 6.54 Å². The van der Waals surface area contributed by atoms with Crippen LogP contribution in [0, 0.1) is 6.92 Å². The molecular weight excluding hydrogens is 282 g/mol. The highest BCUT2D eigenvalue weighted by atomic mass is 32.1. The van der Waals surface area contributed by atoms with Crippen molar-refractivity contribution in [3.05, 3.63) is 21.1 Å². The van der Waals surface area contributed by atoms with Crippen molar-refractivity contribution < 1.29 is 4.79 Å². The van der Waals surface area contributed by atoms with E-state index in [1.165, 1.54) is 22.7 Å². The van der Waals surface area contributed by atoms with E-state index >= 15 is 0 Å². The summed E-state index contributed by atoms with van der Waals surface area (Å²) in [5.74, 6) is -0.213. The molecule has 102 valence electrons. The summed E-state index contributed by atoms with van der Waals surface area (Å²) >= 11 is 2.79. The van der Waals surface area contributed by atoms with Gasteiger partial charge < -0.3 is 10.6 Å². The second-order valence-corrected chi connectivity index (χ2v) is 5.82. The molecule has 0 fully saturated rings. The van der Waals surface area contributed by atoms with E-state index in [0.717, 1.165) is 23.7 Å². The van der Waals surface area contributed by atoms with Crippen molar-refractivity contribution in [2.75, 3.05) is 11.9 Å². The molecule has 0 radical (unpaired) electrons. The zero-order valence-electron chi connectivity index (χ0n) is 10.8. The van der Waals surface area contributed by atoms with E-state index < -0.39 is 0 Å². The molecule has 0 aliphatic rings. The lowest BCUT2D eigenvalue weighted by Crippen LogP contribution is -2.22. The van der Waals surface area contributed by atoms with Gasteiger partial charge >= 0.3 is 0 Å². The first-order chi connectivity index (χ1) is 9.19. The third kappa shape index (κ3) is 3.97. The molecule has 19 heavy (non-hydrogen) atoms. The first-order valence-corrected chi connectivity index (χ1v) is 7.65. The van der Waals surface area contributed by atoms with Crippen molar-refractivity contribution in [2.24, 2.45) is 0 Å². The number of anilines is 1. The molecule has 0 saturated heterocycles. The molecule has 6 nitrogen and oxygen atoms in total. The van der Waals surface area contributed by atoms with Crippen LogP contribution >= 0.6 is 22.7 Å². The molecule has 0 aliphatic carbocycles. The predicted molar refractivity (Wildman–Crippen MR) is 76.7 cm³/mol. The van der Waals surface area contributed by atoms with Crippen molar-refractivity contribution in [1.82, 2.24) is 20.5 Å². The predicted octanol–water partition coefficient (Wildman–Crippen LogP) is 2.05. The fourth-order valence-electron chi connectivity index (χ4n) is 1.33. The average Bonchev–Trinajstić information content (AvgIpc) is 3.02. The number of aromatic nitrogens is 3. The van der Waals surface area contributed by atoms with Gasteiger partial charge in [0.15, 0.2) is 0 Å². The fourth-order valence-corrected chi connectivity index (χ4v) is 2.73. The number of hydrogen-bond donors (Lipinski definition) is 2. The van der Waals surface area contributed by atoms with Crippen LogP contribution in [0.25, 0.3) is 0 Å². The second kappa shape index (κ2) is 6.58. The molecule has 8 heteroatoms. The van der Waals surface area contributed by atoms with Crippen LogP contribution in [0.5, 0.6) is 0 Å². The number of amides is 1. The molecule has 0 aromatic carbocycles. The van der Waals surface area contributed by atoms with Gasteiger partial charge in [-0.2, -0.15) is 0 Å². The number of thiazole rings is 1. The van der Waals surface area contributed by atoms with E-state index in [0.29, 0.717) is 16.7 Å². The highest BCUT2D eigenvalue weighted by Gasteiger charge is 2.12. The van der Waals surface area contributed by atoms with E-state index in [-0.39, 0.29) is 5.91 Å². The molecule has 2 heterocycles. The third-order valence-electron chi connectivity index (χ3n) is 2.21. The van der Waals surface area contributed by atoms with E-state index in [4.69, 9.17) is 0 Å². The molecule has 0 aliphatic heterocycles. The standard InChI is InChI=1S/C11H15N5OS2/c1-3-4-12-11-16-15-10(19-11)9(17)13-5-8-14-7(2)6-18-8/h6H,3-5H2,1-2H3,(H,12,16)(H,13,17). The molecule has 2 aromatic rings. The molecule has 2 rings (SSSR count). The lowest BCUT2D eigenvalue weighted by atomic mass is 10.5. The number of carbonyl (C=O) groups excluding carboxylic acids is 1. The van der Waals surface area contributed by atoms with Gasteiger partial charge in [0.05, 0.1) is 6.54 Å². The second-order valence-electron chi connectivity index (χ2n) is 3.90. The summed E-state index contributed by atoms with van der Waals surface area (Å²) in [6.07, 6.45) is 1.00. The summed E-state index contributed by atoms with van der Waals surface area (Å²) in [5.41, 5.74) is 0.969. The zero-order chi connectivity index (χ0) is 13.7. The summed E-state index contributed by atoms with van der Waals surface area (Å²) in [4.78, 5) is 16.1. The van der Waals surface area contributed by atoms with E-state index in [1.54, 1.807) is 0 Å². The average molecular weight is 297 g/mol. The molecule has 0 atom stereocenters. The van der Waals surface area contributed by atoms with Crippen molar-refractivity contribution >= 4 is 33.7 Å². The monoisotopic (exact) mass is 297 g/mol. The Bertz CT molecular complexity index is 551. The van der Waals surface area contributed by atoms with E-state index in [1.807, 2.05) is 12.3 Å². The van der Waals surface area contributed by atoms with E-state index in [9.17, 15) is 4.79 Å². The van der Waals surface area contributed by atoms with Crippen LogP contribution in [0.2, 0.25) is 0 Å². The smallest absolute Gasteiger partial charge is 0.282 e. The van der Waals surface area contributed by atoms with Crippen molar-refractivity contribution in [3.8, 4) is 0 Å². The zero-order valence-corrected chi connectivity index (χ0v) is 12.4. The maximum absolute atomic E-state index is 11.9. The van der Waals surface area contributed by atoms with Crippen molar-refractivity contribution in [2.45, 2.75) is 26.8 Å². The van der Waals surface area contributed by atoms with Crippen molar-refractivity contribution in [3.63, 3.8) is 0 Å². The number of rotatable bonds is 6. The molecule has 0 spiro atoms. The Morgan fingerprint density at radius 2 is 2.26 bits per heavy atom. The summed E-state index contributed by atoms with van der Waals surface area (Å²) in [5, 5.41) is 17.6. The van der Waals surface area contributed by atoms with Gasteiger partial charge in [-0.15, -0.1) is 21.5 Å². The Balaban J connectivity index is 1.87. The summed E-state index contributed by atoms with van der Waals surface area (Å²) in [6.45, 7) is 5.25. The first-order valence-electron chi connectivity index (χ1n) is 5.95. The van der Waals surface area contributed by atoms with Gasteiger partial charge in [-0.3, -0.25) is 4.79 Å². The maximum atomic E-state index is 11.9. The Morgan fingerprint density at radius 1 is 1.42 bits per heavy atom. The van der Waals surface area contributed by atoms with Gasteiger partial charge in [-0.1, -0.05) is 18.3 Å². The van der Waals surface area contributed by atoms with Gasteiger partial charge in [0.2, 0.25) is 10.1 Å². The fraction of sp³-hybridized carbons (Fsp3) is 0.455. The van der Waals surface area contributed by atoms with E-state index in [2.05, 4.69) is 32.7 Å². The first kappa shape index (κ1) is 13.9. The minimum Gasteiger partial charge on any atom is -0.360 e.